The van der Waals surface area contributed by atoms with Crippen molar-refractivity contribution in [2.24, 2.45) is 0 Å². The van der Waals surface area contributed by atoms with Gasteiger partial charge in [0.25, 0.3) is 0 Å². The number of ether oxygens (including phenoxy) is 1. The topological polar surface area (TPSA) is 27.7 Å². The molecule has 1 aromatic carbocycles. The normalized spacial score (nSPS) is 24.7. The van der Waals surface area contributed by atoms with Gasteiger partial charge in [0.05, 0.1) is 7.11 Å². The Morgan fingerprint density at radius 3 is 2.57 bits per heavy atom. The van der Waals surface area contributed by atoms with E-state index in [-0.39, 0.29) is 0 Å². The third-order valence-electron chi connectivity index (χ3n) is 4.92. The molecule has 2 saturated heterocycles. The van der Waals surface area contributed by atoms with Gasteiger partial charge < -0.3 is 15.0 Å². The van der Waals surface area contributed by atoms with Gasteiger partial charge in [0.15, 0.2) is 0 Å². The predicted molar refractivity (Wildman–Crippen MR) is 98.5 cm³/mol. The fraction of sp³-hybridized carbons (Fsp3) is 0.667. The lowest BCUT2D eigenvalue weighted by molar-refractivity contribution is 0.140. The Hall–Kier alpha value is -0.750. The second-order valence-electron chi connectivity index (χ2n) is 6.66. The molecule has 0 aromatic heterocycles. The largest absolute Gasteiger partial charge is 0.497 e. The maximum atomic E-state index is 5.30. The second-order valence-corrected chi connectivity index (χ2v) is 7.81. The maximum Gasteiger partial charge on any atom is 0.118 e. The minimum atomic E-state index is 0.410. The molecule has 2 fully saturated rings. The second kappa shape index (κ2) is 8.38. The molecule has 0 spiro atoms. The van der Waals surface area contributed by atoms with Crippen molar-refractivity contribution in [1.82, 2.24) is 15.1 Å². The summed E-state index contributed by atoms with van der Waals surface area (Å²) in [5, 5.41) is 3.91. The molecule has 0 radical (unpaired) electrons. The number of nitrogens with one attached hydrogen (secondary N) is 1. The third-order valence-corrected chi connectivity index (χ3v) is 6.08. The molecule has 1 aromatic rings. The molecule has 4 nitrogen and oxygen atoms in total. The van der Waals surface area contributed by atoms with Crippen LogP contribution >= 0.6 is 11.8 Å². The fourth-order valence-corrected chi connectivity index (χ4v) is 4.49. The number of rotatable bonds is 6. The van der Waals surface area contributed by atoms with Crippen LogP contribution in [-0.2, 0) is 0 Å². The number of likely N-dealkylation sites (N-methyl/N-ethyl adjacent to an activating group) is 1. The van der Waals surface area contributed by atoms with Crippen LogP contribution in [-0.4, -0.2) is 74.2 Å². The van der Waals surface area contributed by atoms with Crippen molar-refractivity contribution in [2.45, 2.75) is 18.5 Å². The van der Waals surface area contributed by atoms with E-state index in [4.69, 9.17) is 4.74 Å². The van der Waals surface area contributed by atoms with E-state index >= 15 is 0 Å². The molecule has 2 aliphatic rings. The van der Waals surface area contributed by atoms with Crippen LogP contribution in [0.5, 0.6) is 5.75 Å². The highest BCUT2D eigenvalue weighted by molar-refractivity contribution is 7.99. The minimum absolute atomic E-state index is 0.410. The van der Waals surface area contributed by atoms with Crippen molar-refractivity contribution in [3.63, 3.8) is 0 Å². The number of hydrogen-bond acceptors (Lipinski definition) is 5. The molecule has 1 N–H and O–H groups in total. The van der Waals surface area contributed by atoms with E-state index in [0.717, 1.165) is 12.3 Å². The highest BCUT2D eigenvalue weighted by Gasteiger charge is 2.24. The SMILES string of the molecule is COc1ccc([C@@H](CN2CCN(C)CC2)N[C@H]2CCSC2)cc1. The Kier molecular flexibility index (Phi) is 6.22. The van der Waals surface area contributed by atoms with Gasteiger partial charge in [-0.05, 0) is 36.9 Å². The van der Waals surface area contributed by atoms with Gasteiger partial charge >= 0.3 is 0 Å². The van der Waals surface area contributed by atoms with E-state index in [9.17, 15) is 0 Å². The lowest BCUT2D eigenvalue weighted by Gasteiger charge is -2.35. The Labute approximate surface area is 144 Å². The average Bonchev–Trinajstić information content (AvgIpc) is 3.09. The van der Waals surface area contributed by atoms with E-state index in [0.29, 0.717) is 12.1 Å². The molecule has 5 heteroatoms. The molecular formula is C18H29N3OS. The van der Waals surface area contributed by atoms with Gasteiger partial charge in [0, 0.05) is 50.6 Å². The van der Waals surface area contributed by atoms with Crippen molar-refractivity contribution < 1.29 is 4.74 Å². The van der Waals surface area contributed by atoms with Crippen molar-refractivity contribution in [2.75, 3.05) is 58.4 Å². The summed E-state index contributed by atoms with van der Waals surface area (Å²) in [5.41, 5.74) is 1.38. The quantitative estimate of drug-likeness (QED) is 0.859. The van der Waals surface area contributed by atoms with Gasteiger partial charge in [0.2, 0.25) is 0 Å². The van der Waals surface area contributed by atoms with Gasteiger partial charge in [-0.15, -0.1) is 0 Å². The van der Waals surface area contributed by atoms with Crippen LogP contribution in [0, 0.1) is 0 Å². The smallest absolute Gasteiger partial charge is 0.118 e. The number of methoxy groups -OCH3 is 1. The zero-order valence-electron chi connectivity index (χ0n) is 14.3. The summed E-state index contributed by atoms with van der Waals surface area (Å²) >= 11 is 2.07. The molecule has 0 saturated carbocycles. The van der Waals surface area contributed by atoms with Gasteiger partial charge in [0.1, 0.15) is 5.75 Å². The number of nitrogens with zero attached hydrogens (tertiary/aromatic N) is 2. The van der Waals surface area contributed by atoms with Crippen molar-refractivity contribution in [3.8, 4) is 5.75 Å². The lowest BCUT2D eigenvalue weighted by atomic mass is 10.0. The van der Waals surface area contributed by atoms with Crippen LogP contribution in [0.15, 0.2) is 24.3 Å². The highest BCUT2D eigenvalue weighted by Crippen LogP contribution is 2.24. The minimum Gasteiger partial charge on any atom is -0.497 e. The summed E-state index contributed by atoms with van der Waals surface area (Å²) in [5.74, 6) is 3.47. The first-order valence-electron chi connectivity index (χ1n) is 8.63. The average molecular weight is 336 g/mol. The summed E-state index contributed by atoms with van der Waals surface area (Å²) < 4.78 is 5.30. The molecule has 2 aliphatic heterocycles. The Bertz CT molecular complexity index is 468. The van der Waals surface area contributed by atoms with Crippen molar-refractivity contribution >= 4 is 11.8 Å². The molecule has 0 bridgehead atoms. The molecule has 0 amide bonds. The van der Waals surface area contributed by atoms with Crippen molar-refractivity contribution in [3.05, 3.63) is 29.8 Å². The van der Waals surface area contributed by atoms with Crippen LogP contribution in [0.4, 0.5) is 0 Å². The summed E-state index contributed by atoms with van der Waals surface area (Å²) in [4.78, 5) is 5.02. The summed E-state index contributed by atoms with van der Waals surface area (Å²) in [6.45, 7) is 5.79. The molecule has 23 heavy (non-hydrogen) atoms. The molecule has 2 atom stereocenters. The molecule has 0 aliphatic carbocycles. The molecule has 128 valence electrons. The van der Waals surface area contributed by atoms with Crippen LogP contribution in [0.3, 0.4) is 0 Å². The highest BCUT2D eigenvalue weighted by atomic mass is 32.2. The van der Waals surface area contributed by atoms with Gasteiger partial charge in [-0.3, -0.25) is 4.90 Å². The molecule has 3 rings (SSSR count). The zero-order chi connectivity index (χ0) is 16.1. The number of benzene rings is 1. The first kappa shape index (κ1) is 17.1. The van der Waals surface area contributed by atoms with E-state index in [1.165, 1.54) is 49.7 Å². The first-order chi connectivity index (χ1) is 11.2. The summed E-state index contributed by atoms with van der Waals surface area (Å²) in [6, 6.07) is 9.66. The molecule has 2 heterocycles. The monoisotopic (exact) mass is 335 g/mol. The van der Waals surface area contributed by atoms with E-state index in [2.05, 4.69) is 58.2 Å². The van der Waals surface area contributed by atoms with Gasteiger partial charge in [-0.2, -0.15) is 11.8 Å². The van der Waals surface area contributed by atoms with Crippen LogP contribution in [0.1, 0.15) is 18.0 Å². The maximum absolute atomic E-state index is 5.30. The predicted octanol–water partition coefficient (Wildman–Crippen LogP) is 2.08. The molecular weight excluding hydrogens is 306 g/mol. The van der Waals surface area contributed by atoms with Crippen molar-refractivity contribution in [1.29, 1.82) is 0 Å². The van der Waals surface area contributed by atoms with E-state index in [1.807, 2.05) is 0 Å². The van der Waals surface area contributed by atoms with E-state index in [1.54, 1.807) is 7.11 Å². The number of thioether (sulfide) groups is 1. The first-order valence-corrected chi connectivity index (χ1v) is 9.78. The lowest BCUT2D eigenvalue weighted by Crippen LogP contribution is -2.48. The Morgan fingerprint density at radius 2 is 1.96 bits per heavy atom. The van der Waals surface area contributed by atoms with Crippen LogP contribution in [0.2, 0.25) is 0 Å². The fourth-order valence-electron chi connectivity index (χ4n) is 3.33. The summed E-state index contributed by atoms with van der Waals surface area (Å²) in [7, 11) is 3.94. The summed E-state index contributed by atoms with van der Waals surface area (Å²) in [6.07, 6.45) is 1.29. The standard InChI is InChI=1S/C18H29N3OS/c1-20-8-10-21(11-9-20)13-18(19-16-7-12-23-14-16)15-3-5-17(22-2)6-4-15/h3-6,16,18-19H,7-14H2,1-2H3/t16-,18+/m0/s1. The number of piperazine rings is 1. The number of hydrogen-bond donors (Lipinski definition) is 1. The van der Waals surface area contributed by atoms with Gasteiger partial charge in [-0.25, -0.2) is 0 Å². The van der Waals surface area contributed by atoms with E-state index < -0.39 is 0 Å². The zero-order valence-corrected chi connectivity index (χ0v) is 15.1. The third kappa shape index (κ3) is 4.86. The van der Waals surface area contributed by atoms with Crippen LogP contribution < -0.4 is 10.1 Å². The Balaban J connectivity index is 1.66. The van der Waals surface area contributed by atoms with Gasteiger partial charge in [-0.1, -0.05) is 12.1 Å². The molecule has 0 unspecified atom stereocenters. The Morgan fingerprint density at radius 1 is 1.22 bits per heavy atom. The van der Waals surface area contributed by atoms with Crippen LogP contribution in [0.25, 0.3) is 0 Å².